The molecule has 0 aliphatic carbocycles. The minimum Gasteiger partial charge on any atom is -0.383 e. The number of benzene rings is 1. The summed E-state index contributed by atoms with van der Waals surface area (Å²) in [5, 5.41) is 2.65. The number of hydrogen-bond donors (Lipinski definition) is 2. The van der Waals surface area contributed by atoms with Gasteiger partial charge in [-0.1, -0.05) is 0 Å². The fraction of sp³-hybridized carbons (Fsp3) is 0.143. The van der Waals surface area contributed by atoms with Gasteiger partial charge in [0.25, 0.3) is 5.91 Å². The Labute approximate surface area is 127 Å². The SMILES string of the molecule is Nc1nc(F)c(Br)cc1-c1cc2c(cc1F)C(=O)NCC2. The highest BCUT2D eigenvalue weighted by atomic mass is 79.9. The van der Waals surface area contributed by atoms with Gasteiger partial charge in [-0.15, -0.1) is 0 Å². The molecule has 4 nitrogen and oxygen atoms in total. The van der Waals surface area contributed by atoms with E-state index < -0.39 is 11.8 Å². The number of rotatable bonds is 1. The number of aromatic nitrogens is 1. The highest BCUT2D eigenvalue weighted by molar-refractivity contribution is 9.10. The summed E-state index contributed by atoms with van der Waals surface area (Å²) >= 11 is 3.01. The fourth-order valence-corrected chi connectivity index (χ4v) is 2.66. The van der Waals surface area contributed by atoms with Crippen molar-refractivity contribution in [1.82, 2.24) is 10.3 Å². The zero-order chi connectivity index (χ0) is 15.1. The monoisotopic (exact) mass is 353 g/mol. The molecule has 3 N–H and O–H groups in total. The Bertz CT molecular complexity index is 764. The summed E-state index contributed by atoms with van der Waals surface area (Å²) in [6.45, 7) is 0.498. The number of hydrogen-bond acceptors (Lipinski definition) is 3. The van der Waals surface area contributed by atoms with Crippen molar-refractivity contribution < 1.29 is 13.6 Å². The minimum absolute atomic E-state index is 0.0987. The molecule has 0 saturated carbocycles. The lowest BCUT2D eigenvalue weighted by molar-refractivity contribution is 0.0945. The molecule has 0 radical (unpaired) electrons. The van der Waals surface area contributed by atoms with Crippen LogP contribution in [0.5, 0.6) is 0 Å². The summed E-state index contributed by atoms with van der Waals surface area (Å²) in [6.07, 6.45) is 0.601. The Morgan fingerprint density at radius 2 is 1.95 bits per heavy atom. The summed E-state index contributed by atoms with van der Waals surface area (Å²) in [4.78, 5) is 15.2. The lowest BCUT2D eigenvalue weighted by Gasteiger charge is -2.18. The van der Waals surface area contributed by atoms with Gasteiger partial charge in [0.2, 0.25) is 5.95 Å². The van der Waals surface area contributed by atoms with Gasteiger partial charge in [0.15, 0.2) is 0 Å². The highest BCUT2D eigenvalue weighted by Crippen LogP contribution is 2.33. The third-order valence-corrected chi connectivity index (χ3v) is 3.93. The Hall–Kier alpha value is -2.02. The first kappa shape index (κ1) is 13.9. The molecule has 1 aromatic carbocycles. The van der Waals surface area contributed by atoms with E-state index in [2.05, 4.69) is 26.2 Å². The normalized spacial score (nSPS) is 13.8. The molecule has 0 unspecified atom stereocenters. The summed E-state index contributed by atoms with van der Waals surface area (Å²) in [5.74, 6) is -1.75. The number of amides is 1. The molecule has 1 aromatic heterocycles. The molecule has 0 atom stereocenters. The first-order valence-electron chi connectivity index (χ1n) is 6.20. The largest absolute Gasteiger partial charge is 0.383 e. The molecular weight excluding hydrogens is 344 g/mol. The van der Waals surface area contributed by atoms with E-state index in [4.69, 9.17) is 5.73 Å². The van der Waals surface area contributed by atoms with Gasteiger partial charge in [-0.25, -0.2) is 9.37 Å². The molecule has 0 spiro atoms. The van der Waals surface area contributed by atoms with Crippen LogP contribution in [0.15, 0.2) is 22.7 Å². The quantitative estimate of drug-likeness (QED) is 0.774. The van der Waals surface area contributed by atoms with Crippen LogP contribution in [0.25, 0.3) is 11.1 Å². The van der Waals surface area contributed by atoms with Gasteiger partial charge in [-0.2, -0.15) is 4.39 Å². The van der Waals surface area contributed by atoms with Crippen LogP contribution in [0.2, 0.25) is 0 Å². The van der Waals surface area contributed by atoms with E-state index in [9.17, 15) is 13.6 Å². The van der Waals surface area contributed by atoms with Gasteiger partial charge in [0.1, 0.15) is 11.6 Å². The lowest BCUT2D eigenvalue weighted by Crippen LogP contribution is -2.32. The third-order valence-electron chi connectivity index (χ3n) is 3.37. The van der Waals surface area contributed by atoms with Crippen LogP contribution in [0.1, 0.15) is 15.9 Å². The van der Waals surface area contributed by atoms with Crippen LogP contribution in [0.4, 0.5) is 14.6 Å². The topological polar surface area (TPSA) is 68.0 Å². The van der Waals surface area contributed by atoms with Crippen LogP contribution in [-0.2, 0) is 6.42 Å². The number of anilines is 1. The van der Waals surface area contributed by atoms with E-state index >= 15 is 0 Å². The van der Waals surface area contributed by atoms with Crippen molar-refractivity contribution >= 4 is 27.7 Å². The van der Waals surface area contributed by atoms with Gasteiger partial charge in [-0.3, -0.25) is 4.79 Å². The van der Waals surface area contributed by atoms with Crippen molar-refractivity contribution in [2.75, 3.05) is 12.3 Å². The van der Waals surface area contributed by atoms with Gasteiger partial charge in [0.05, 0.1) is 4.47 Å². The molecule has 21 heavy (non-hydrogen) atoms. The second-order valence-corrected chi connectivity index (χ2v) is 5.54. The van der Waals surface area contributed by atoms with Crippen molar-refractivity contribution in [3.05, 3.63) is 45.6 Å². The molecule has 3 rings (SSSR count). The third kappa shape index (κ3) is 2.37. The van der Waals surface area contributed by atoms with Crippen LogP contribution in [0.3, 0.4) is 0 Å². The lowest BCUT2D eigenvalue weighted by atomic mass is 9.94. The smallest absolute Gasteiger partial charge is 0.251 e. The molecule has 1 aliphatic rings. The number of nitrogen functional groups attached to an aromatic ring is 1. The van der Waals surface area contributed by atoms with Crippen molar-refractivity contribution in [3.63, 3.8) is 0 Å². The number of halogens is 3. The maximum absolute atomic E-state index is 14.3. The zero-order valence-corrected chi connectivity index (χ0v) is 12.3. The summed E-state index contributed by atoms with van der Waals surface area (Å²) in [7, 11) is 0. The predicted molar refractivity (Wildman–Crippen MR) is 77.7 cm³/mol. The van der Waals surface area contributed by atoms with Crippen LogP contribution in [0, 0.1) is 11.8 Å². The predicted octanol–water partition coefficient (Wildman–Crippen LogP) is 2.66. The Balaban J connectivity index is 2.20. The first-order valence-corrected chi connectivity index (χ1v) is 6.99. The summed E-state index contributed by atoms with van der Waals surface area (Å²) < 4.78 is 27.7. The van der Waals surface area contributed by atoms with Crippen molar-refractivity contribution in [3.8, 4) is 11.1 Å². The van der Waals surface area contributed by atoms with E-state index in [1.807, 2.05) is 0 Å². The van der Waals surface area contributed by atoms with Crippen LogP contribution in [-0.4, -0.2) is 17.4 Å². The molecule has 108 valence electrons. The van der Waals surface area contributed by atoms with E-state index in [1.54, 1.807) is 6.07 Å². The first-order chi connectivity index (χ1) is 9.97. The van der Waals surface area contributed by atoms with Crippen molar-refractivity contribution in [2.24, 2.45) is 0 Å². The standard InChI is InChI=1S/C14H10BrF2N3O/c15-10-4-9(13(18)20-12(10)17)8-3-6-1-2-19-14(21)7(6)5-11(8)16/h3-5H,1-2H2,(H2,18,20)(H,19,21). The number of nitrogens with one attached hydrogen (secondary N) is 1. The van der Waals surface area contributed by atoms with E-state index in [-0.39, 0.29) is 27.3 Å². The van der Waals surface area contributed by atoms with Crippen molar-refractivity contribution in [2.45, 2.75) is 6.42 Å². The average molecular weight is 354 g/mol. The van der Waals surface area contributed by atoms with E-state index in [0.717, 1.165) is 5.56 Å². The Morgan fingerprint density at radius 3 is 2.71 bits per heavy atom. The van der Waals surface area contributed by atoms with Gasteiger partial charge in [0, 0.05) is 23.2 Å². The fourth-order valence-electron chi connectivity index (χ4n) is 2.34. The Morgan fingerprint density at radius 1 is 1.19 bits per heavy atom. The molecule has 0 bridgehead atoms. The summed E-state index contributed by atoms with van der Waals surface area (Å²) in [6, 6.07) is 4.13. The number of pyridine rings is 1. The minimum atomic E-state index is -0.756. The maximum Gasteiger partial charge on any atom is 0.251 e. The second-order valence-electron chi connectivity index (χ2n) is 4.69. The van der Waals surface area contributed by atoms with Crippen molar-refractivity contribution in [1.29, 1.82) is 0 Å². The molecule has 7 heteroatoms. The molecule has 2 aromatic rings. The molecule has 0 saturated heterocycles. The highest BCUT2D eigenvalue weighted by Gasteiger charge is 2.21. The number of carbonyl (C=O) groups is 1. The summed E-state index contributed by atoms with van der Waals surface area (Å²) in [5.41, 5.74) is 7.21. The number of nitrogens with two attached hydrogens (primary N) is 1. The Kier molecular flexibility index (Phi) is 3.36. The molecule has 2 heterocycles. The molecule has 1 amide bonds. The van der Waals surface area contributed by atoms with Crippen LogP contribution >= 0.6 is 15.9 Å². The number of fused-ring (bicyclic) bond motifs is 1. The maximum atomic E-state index is 14.3. The number of carbonyl (C=O) groups excluding carboxylic acids is 1. The molecule has 0 fully saturated rings. The van der Waals surface area contributed by atoms with Gasteiger partial charge < -0.3 is 11.1 Å². The van der Waals surface area contributed by atoms with Gasteiger partial charge >= 0.3 is 0 Å². The van der Waals surface area contributed by atoms with E-state index in [1.165, 1.54) is 12.1 Å². The molecule has 1 aliphatic heterocycles. The second kappa shape index (κ2) is 5.07. The van der Waals surface area contributed by atoms with E-state index in [0.29, 0.717) is 18.5 Å². The zero-order valence-electron chi connectivity index (χ0n) is 10.7. The van der Waals surface area contributed by atoms with Crippen LogP contribution < -0.4 is 11.1 Å². The van der Waals surface area contributed by atoms with Gasteiger partial charge in [-0.05, 0) is 46.1 Å². The average Bonchev–Trinajstić information content (AvgIpc) is 2.44. The number of nitrogens with zero attached hydrogens (tertiary/aromatic N) is 1. The molecular formula is C14H10BrF2N3O.